The molecule has 0 fully saturated rings. The lowest BCUT2D eigenvalue weighted by molar-refractivity contribution is -0.140. The first-order chi connectivity index (χ1) is 36.5. The van der Waals surface area contributed by atoms with E-state index in [1.165, 1.54) is 61.3 Å². The Morgan fingerprint density at radius 3 is 1.30 bits per heavy atom. The number of benzene rings is 9. The van der Waals surface area contributed by atoms with Crippen LogP contribution >= 0.6 is 34.4 Å². The van der Waals surface area contributed by atoms with Crippen LogP contribution in [0.5, 0.6) is 0 Å². The van der Waals surface area contributed by atoms with Gasteiger partial charge in [0.2, 0.25) is 0 Å². The van der Waals surface area contributed by atoms with Gasteiger partial charge in [0, 0.05) is 70.6 Å². The summed E-state index contributed by atoms with van der Waals surface area (Å²) >= 11 is 4.83. The Hall–Kier alpha value is -8.21. The van der Waals surface area contributed by atoms with Crippen molar-refractivity contribution in [3.8, 4) is 41.8 Å². The van der Waals surface area contributed by atoms with Crippen LogP contribution in [0.25, 0.3) is 74.3 Å². The van der Waals surface area contributed by atoms with Crippen LogP contribution < -0.4 is 9.80 Å². The topological polar surface area (TPSA) is 58.6 Å². The van der Waals surface area contributed by atoms with Gasteiger partial charge in [0.1, 0.15) is 11.0 Å². The zero-order chi connectivity index (χ0) is 50.0. The predicted octanol–water partition coefficient (Wildman–Crippen LogP) is 18.8. The Balaban J connectivity index is 0.804. The molecule has 0 aliphatic rings. The van der Waals surface area contributed by atoms with E-state index in [2.05, 4.69) is 235 Å². The normalized spacial score (nSPS) is 11.4. The van der Waals surface area contributed by atoms with Crippen molar-refractivity contribution in [2.45, 2.75) is 32.6 Å². The number of rotatable bonds is 15. The van der Waals surface area contributed by atoms with E-state index in [4.69, 9.17) is 13.5 Å². The molecule has 0 unspecified atom stereocenters. The maximum atomic E-state index is 11.9. The van der Waals surface area contributed by atoms with Crippen LogP contribution in [-0.4, -0.2) is 21.8 Å². The largest absolute Gasteiger partial charge is 0.469 e. The highest BCUT2D eigenvalue weighted by Crippen LogP contribution is 2.45. The van der Waals surface area contributed by atoms with E-state index in [9.17, 15) is 4.79 Å². The van der Waals surface area contributed by atoms with Gasteiger partial charge in [-0.1, -0.05) is 147 Å². The predicted molar refractivity (Wildman–Crippen MR) is 314 cm³/mol. The van der Waals surface area contributed by atoms with Gasteiger partial charge in [-0.2, -0.15) is 8.75 Å². The maximum absolute atomic E-state index is 11.9. The average molecular weight is 1020 g/mol. The van der Waals surface area contributed by atoms with Gasteiger partial charge in [0.05, 0.1) is 30.2 Å². The minimum Gasteiger partial charge on any atom is -0.469 e. The number of nitrogens with zero attached hydrogens (tertiary/aromatic N) is 4. The number of fused-ring (bicyclic) bond motifs is 3. The average Bonchev–Trinajstić information content (AvgIpc) is 4.27. The molecular formula is C65H50N4O2S3. The van der Waals surface area contributed by atoms with Gasteiger partial charge in [0.25, 0.3) is 0 Å². The molecule has 0 aliphatic heterocycles. The molecule has 3 aromatic heterocycles. The molecule has 0 N–H and O–H groups in total. The molecule has 3 heterocycles. The number of esters is 1. The molecule has 74 heavy (non-hydrogen) atoms. The van der Waals surface area contributed by atoms with Crippen molar-refractivity contribution >= 4 is 107 Å². The second kappa shape index (κ2) is 20.7. The lowest BCUT2D eigenvalue weighted by Gasteiger charge is -2.27. The number of aromatic nitrogens is 2. The summed E-state index contributed by atoms with van der Waals surface area (Å²) in [7, 11) is 1.43. The zero-order valence-electron chi connectivity index (χ0n) is 40.9. The highest BCUT2D eigenvalue weighted by atomic mass is 32.1. The molecule has 0 spiro atoms. The molecule has 0 saturated carbocycles. The number of thiophene rings is 2. The lowest BCUT2D eigenvalue weighted by Crippen LogP contribution is -2.10. The molecule has 0 amide bonds. The van der Waals surface area contributed by atoms with Crippen LogP contribution in [0.15, 0.2) is 218 Å². The number of hydrogen-bond acceptors (Lipinski definition) is 9. The van der Waals surface area contributed by atoms with Crippen molar-refractivity contribution in [3.05, 3.63) is 230 Å². The Labute approximate surface area is 443 Å². The van der Waals surface area contributed by atoms with Crippen LogP contribution in [0.2, 0.25) is 0 Å². The molecule has 0 bridgehead atoms. The zero-order valence-corrected chi connectivity index (χ0v) is 43.4. The molecule has 0 aliphatic carbocycles. The minimum absolute atomic E-state index is 0.205. The highest BCUT2D eigenvalue weighted by molar-refractivity contribution is 7.19. The summed E-state index contributed by atoms with van der Waals surface area (Å²) in [5, 5.41) is 4.78. The van der Waals surface area contributed by atoms with Crippen LogP contribution in [0.4, 0.5) is 34.1 Å². The Bertz CT molecular complexity index is 3920. The first-order valence-electron chi connectivity index (χ1n) is 25.0. The fraction of sp³-hybridized carbons (Fsp3) is 0.0923. The molecule has 12 rings (SSSR count). The van der Waals surface area contributed by atoms with Gasteiger partial charge in [-0.3, -0.25) is 4.79 Å². The van der Waals surface area contributed by atoms with Gasteiger partial charge in [-0.05, 0) is 131 Å². The highest BCUT2D eigenvalue weighted by Gasteiger charge is 2.20. The number of hydrogen-bond donors (Lipinski definition) is 0. The lowest BCUT2D eigenvalue weighted by atomic mass is 10.0. The maximum Gasteiger partial charge on any atom is 0.305 e. The minimum atomic E-state index is -0.205. The fourth-order valence-corrected chi connectivity index (χ4v) is 12.7. The van der Waals surface area contributed by atoms with E-state index in [1.54, 1.807) is 22.7 Å². The number of carbonyl (C=O) groups excluding carboxylic acids is 1. The third kappa shape index (κ3) is 9.26. The van der Waals surface area contributed by atoms with Crippen LogP contribution in [0, 0.1) is 0 Å². The molecule has 9 aromatic carbocycles. The Morgan fingerprint density at radius 2 is 0.851 bits per heavy atom. The summed E-state index contributed by atoms with van der Waals surface area (Å²) in [6.07, 6.45) is 3.17. The van der Waals surface area contributed by atoms with Crippen molar-refractivity contribution in [1.29, 1.82) is 0 Å². The molecule has 0 saturated heterocycles. The van der Waals surface area contributed by atoms with Crippen molar-refractivity contribution in [1.82, 2.24) is 8.75 Å². The smallest absolute Gasteiger partial charge is 0.305 e. The fourth-order valence-electron chi connectivity index (χ4n) is 10.0. The third-order valence-electron chi connectivity index (χ3n) is 13.8. The van der Waals surface area contributed by atoms with Crippen LogP contribution in [-0.2, 0) is 22.4 Å². The van der Waals surface area contributed by atoms with Gasteiger partial charge in [-0.15, -0.1) is 22.7 Å². The van der Waals surface area contributed by atoms with Gasteiger partial charge in [-0.25, -0.2) is 0 Å². The molecule has 6 nitrogen and oxygen atoms in total. The summed E-state index contributed by atoms with van der Waals surface area (Å²) in [4.78, 5) is 21.3. The third-order valence-corrected chi connectivity index (χ3v) is 16.6. The van der Waals surface area contributed by atoms with Gasteiger partial charge < -0.3 is 14.5 Å². The van der Waals surface area contributed by atoms with Gasteiger partial charge >= 0.3 is 5.97 Å². The molecule has 0 atom stereocenters. The number of ether oxygens (including phenoxy) is 1. The quantitative estimate of drug-likeness (QED) is 0.0954. The van der Waals surface area contributed by atoms with E-state index >= 15 is 0 Å². The van der Waals surface area contributed by atoms with Crippen molar-refractivity contribution < 1.29 is 9.53 Å². The first-order valence-corrected chi connectivity index (χ1v) is 27.3. The summed E-state index contributed by atoms with van der Waals surface area (Å²) in [6, 6.07) is 78.8. The summed E-state index contributed by atoms with van der Waals surface area (Å²) < 4.78 is 14.7. The van der Waals surface area contributed by atoms with E-state index in [1.807, 2.05) is 0 Å². The van der Waals surface area contributed by atoms with E-state index in [0.717, 1.165) is 90.0 Å². The van der Waals surface area contributed by atoms with Crippen molar-refractivity contribution in [3.63, 3.8) is 0 Å². The van der Waals surface area contributed by atoms with Gasteiger partial charge in [0.15, 0.2) is 0 Å². The molecule has 12 aromatic rings. The van der Waals surface area contributed by atoms with Crippen LogP contribution in [0.3, 0.4) is 0 Å². The molecular weight excluding hydrogens is 965 g/mol. The first kappa shape index (κ1) is 46.8. The summed E-state index contributed by atoms with van der Waals surface area (Å²) in [5.41, 5.74) is 15.4. The SMILES string of the molecule is CCCc1ccc(N(c2ccc(-c3ccc(-c4ccc(-c5ccc(-c6ccc(N(c7ccc(CCC(=O)OC)cc7)c7cccc8ccccc78)cc6)s5)c5nsnc45)s3)cc2)c2cccc3ccccc23)cc1. The molecule has 9 heteroatoms. The Kier molecular flexibility index (Phi) is 13.1. The second-order valence-electron chi connectivity index (χ2n) is 18.4. The van der Waals surface area contributed by atoms with E-state index < -0.39 is 0 Å². The van der Waals surface area contributed by atoms with Crippen LogP contribution in [0.1, 0.15) is 30.9 Å². The van der Waals surface area contributed by atoms with E-state index in [0.29, 0.717) is 12.8 Å². The Morgan fingerprint density at radius 1 is 0.446 bits per heavy atom. The second-order valence-corrected chi connectivity index (χ2v) is 21.1. The number of anilines is 6. The molecule has 360 valence electrons. The van der Waals surface area contributed by atoms with Crippen molar-refractivity contribution in [2.75, 3.05) is 16.9 Å². The summed E-state index contributed by atoms with van der Waals surface area (Å²) in [6.45, 7) is 2.23. The number of methoxy groups -OCH3 is 1. The monoisotopic (exact) mass is 1010 g/mol. The molecule has 0 radical (unpaired) electrons. The summed E-state index contributed by atoms with van der Waals surface area (Å²) in [5.74, 6) is -0.205. The number of carbonyl (C=O) groups is 1. The van der Waals surface area contributed by atoms with E-state index in [-0.39, 0.29) is 5.97 Å². The standard InChI is InChI=1S/C65H50N4O2S3/c1-3-10-43-19-28-49(29-20-43)68(57-17-8-13-45-11-4-6-15-53(45)57)51-32-24-47(25-33-51)59-38-40-61(72-59)55-36-37-56(65-64(55)66-74-67-65)62-41-39-60(73-62)48-26-34-52(35-27-48)69(58-18-9-14-46-12-5-7-16-54(46)58)50-30-21-44(22-31-50)23-42-63(70)71-2/h4-9,11-22,24-41H,3,10,23,42H2,1-2H3. The van der Waals surface area contributed by atoms with Crippen molar-refractivity contribution in [2.24, 2.45) is 0 Å². The number of aryl methyl sites for hydroxylation is 2.